The molecule has 0 saturated heterocycles. The Morgan fingerprint density at radius 3 is 2.79 bits per heavy atom. The summed E-state index contributed by atoms with van der Waals surface area (Å²) >= 11 is 0. The van der Waals surface area contributed by atoms with Crippen LogP contribution in [-0.4, -0.2) is 18.4 Å². The Morgan fingerprint density at radius 2 is 2.07 bits per heavy atom. The number of rotatable bonds is 2. The summed E-state index contributed by atoms with van der Waals surface area (Å²) in [6.07, 6.45) is 3.51. The molecule has 1 aliphatic rings. The fourth-order valence-electron chi connectivity index (χ4n) is 1.28. The number of phenols is 1. The average molecular weight is 193 g/mol. The maximum Gasteiger partial charge on any atom is 0.231 e. The quantitative estimate of drug-likeness (QED) is 0.738. The predicted octanol–water partition coefficient (Wildman–Crippen LogP) is 1.09. The summed E-state index contributed by atoms with van der Waals surface area (Å²) in [5.41, 5.74) is 6.00. The minimum absolute atomic E-state index is 0.166. The maximum absolute atomic E-state index is 9.57. The summed E-state index contributed by atoms with van der Waals surface area (Å²) in [4.78, 5) is 0. The highest BCUT2D eigenvalue weighted by Gasteiger charge is 2.15. The van der Waals surface area contributed by atoms with Gasteiger partial charge >= 0.3 is 0 Å². The van der Waals surface area contributed by atoms with Crippen LogP contribution in [0.2, 0.25) is 0 Å². The number of nitrogens with two attached hydrogens (primary N) is 1. The molecule has 1 aromatic carbocycles. The molecule has 0 bridgehead atoms. The first-order valence-electron chi connectivity index (χ1n) is 4.30. The molecule has 2 rings (SSSR count). The summed E-state index contributed by atoms with van der Waals surface area (Å²) in [7, 11) is 0. The topological polar surface area (TPSA) is 64.7 Å². The molecule has 1 aromatic rings. The van der Waals surface area contributed by atoms with Crippen LogP contribution in [0.5, 0.6) is 17.2 Å². The van der Waals surface area contributed by atoms with Gasteiger partial charge in [0.25, 0.3) is 0 Å². The molecule has 1 aliphatic heterocycles. The first-order valence-corrected chi connectivity index (χ1v) is 4.30. The van der Waals surface area contributed by atoms with Crippen LogP contribution in [-0.2, 0) is 0 Å². The zero-order valence-electron chi connectivity index (χ0n) is 7.56. The van der Waals surface area contributed by atoms with Crippen LogP contribution in [0.15, 0.2) is 18.2 Å². The van der Waals surface area contributed by atoms with Crippen molar-refractivity contribution in [2.45, 2.75) is 0 Å². The van der Waals surface area contributed by atoms with E-state index in [2.05, 4.69) is 0 Å². The third kappa shape index (κ3) is 1.52. The number of hydrogen-bond acceptors (Lipinski definition) is 4. The van der Waals surface area contributed by atoms with Gasteiger partial charge in [0, 0.05) is 18.2 Å². The van der Waals surface area contributed by atoms with E-state index < -0.39 is 0 Å². The molecule has 0 aliphatic carbocycles. The molecule has 0 fully saturated rings. The van der Waals surface area contributed by atoms with Crippen LogP contribution in [0.3, 0.4) is 0 Å². The molecule has 0 spiro atoms. The fourth-order valence-corrected chi connectivity index (χ4v) is 1.28. The molecule has 3 N–H and O–H groups in total. The first-order chi connectivity index (χ1) is 6.81. The van der Waals surface area contributed by atoms with Crippen molar-refractivity contribution >= 4 is 6.08 Å². The highest BCUT2D eigenvalue weighted by atomic mass is 16.7. The summed E-state index contributed by atoms with van der Waals surface area (Å²) in [5, 5.41) is 9.57. The van der Waals surface area contributed by atoms with Gasteiger partial charge in [-0.25, -0.2) is 0 Å². The van der Waals surface area contributed by atoms with Gasteiger partial charge in [-0.3, -0.25) is 0 Å². The number of fused-ring (bicyclic) bond motifs is 1. The van der Waals surface area contributed by atoms with E-state index in [1.807, 2.05) is 0 Å². The molecule has 0 saturated carbocycles. The zero-order chi connectivity index (χ0) is 9.97. The summed E-state index contributed by atoms with van der Waals surface area (Å²) < 4.78 is 10.3. The molecule has 1 heterocycles. The van der Waals surface area contributed by atoms with E-state index in [1.165, 1.54) is 0 Å². The van der Waals surface area contributed by atoms with Gasteiger partial charge in [0.05, 0.1) is 0 Å². The van der Waals surface area contributed by atoms with Crippen molar-refractivity contribution in [2.24, 2.45) is 5.73 Å². The summed E-state index contributed by atoms with van der Waals surface area (Å²) in [5.74, 6) is 1.39. The van der Waals surface area contributed by atoms with Crippen molar-refractivity contribution < 1.29 is 14.6 Å². The van der Waals surface area contributed by atoms with E-state index in [4.69, 9.17) is 15.2 Å². The van der Waals surface area contributed by atoms with E-state index >= 15 is 0 Å². The Kier molecular flexibility index (Phi) is 2.28. The third-order valence-electron chi connectivity index (χ3n) is 1.96. The van der Waals surface area contributed by atoms with Crippen LogP contribution in [0.4, 0.5) is 0 Å². The molecule has 0 radical (unpaired) electrons. The van der Waals surface area contributed by atoms with Crippen LogP contribution < -0.4 is 15.2 Å². The summed E-state index contributed by atoms with van der Waals surface area (Å²) in [6, 6.07) is 3.27. The van der Waals surface area contributed by atoms with Gasteiger partial charge in [-0.1, -0.05) is 12.2 Å². The Balaban J connectivity index is 2.37. The maximum atomic E-state index is 9.57. The SMILES string of the molecule is NC/C=C/c1cc2c(cc1O)OCO2. The Morgan fingerprint density at radius 1 is 1.36 bits per heavy atom. The Labute approximate surface area is 81.6 Å². The highest BCUT2D eigenvalue weighted by molar-refractivity contribution is 5.63. The van der Waals surface area contributed by atoms with Crippen LogP contribution in [0, 0.1) is 0 Å². The largest absolute Gasteiger partial charge is 0.507 e. The van der Waals surface area contributed by atoms with Gasteiger partial charge in [-0.2, -0.15) is 0 Å². The Hall–Kier alpha value is -1.68. The first kappa shape index (κ1) is 8.90. The van der Waals surface area contributed by atoms with Gasteiger partial charge in [0.15, 0.2) is 11.5 Å². The van der Waals surface area contributed by atoms with E-state index in [9.17, 15) is 5.11 Å². The summed E-state index contributed by atoms with van der Waals surface area (Å²) in [6.45, 7) is 0.646. The number of ether oxygens (including phenoxy) is 2. The lowest BCUT2D eigenvalue weighted by Crippen LogP contribution is -1.93. The second-order valence-corrected chi connectivity index (χ2v) is 2.90. The van der Waals surface area contributed by atoms with Gasteiger partial charge in [0.2, 0.25) is 6.79 Å². The minimum Gasteiger partial charge on any atom is -0.507 e. The average Bonchev–Trinajstić information content (AvgIpc) is 2.61. The van der Waals surface area contributed by atoms with Crippen LogP contribution >= 0.6 is 0 Å². The number of aromatic hydroxyl groups is 1. The predicted molar refractivity (Wildman–Crippen MR) is 52.3 cm³/mol. The second kappa shape index (κ2) is 3.59. The van der Waals surface area contributed by atoms with Crippen molar-refractivity contribution in [3.63, 3.8) is 0 Å². The van der Waals surface area contributed by atoms with Gasteiger partial charge in [0.1, 0.15) is 5.75 Å². The van der Waals surface area contributed by atoms with Gasteiger partial charge in [-0.15, -0.1) is 0 Å². The molecule has 74 valence electrons. The minimum atomic E-state index is 0.166. The molecular formula is C10H11NO3. The lowest BCUT2D eigenvalue weighted by atomic mass is 10.1. The van der Waals surface area contributed by atoms with Crippen LogP contribution in [0.25, 0.3) is 6.08 Å². The lowest BCUT2D eigenvalue weighted by molar-refractivity contribution is 0.174. The van der Waals surface area contributed by atoms with Crippen LogP contribution in [0.1, 0.15) is 5.56 Å². The lowest BCUT2D eigenvalue weighted by Gasteiger charge is -2.01. The molecular weight excluding hydrogens is 182 g/mol. The van der Waals surface area contributed by atoms with Gasteiger partial charge in [-0.05, 0) is 6.07 Å². The van der Waals surface area contributed by atoms with E-state index in [1.54, 1.807) is 24.3 Å². The Bertz CT molecular complexity index is 374. The standard InChI is InChI=1S/C10H11NO3/c11-3-1-2-7-4-9-10(5-8(7)12)14-6-13-9/h1-2,4-5,12H,3,6,11H2/b2-1+. The molecule has 4 nitrogen and oxygen atoms in total. The molecule has 0 amide bonds. The van der Waals surface area contributed by atoms with E-state index in [0.717, 1.165) is 0 Å². The van der Waals surface area contributed by atoms with Crippen molar-refractivity contribution in [1.82, 2.24) is 0 Å². The third-order valence-corrected chi connectivity index (χ3v) is 1.96. The monoisotopic (exact) mass is 193 g/mol. The molecule has 14 heavy (non-hydrogen) atoms. The number of phenolic OH excluding ortho intramolecular Hbond substituents is 1. The van der Waals surface area contributed by atoms with Crippen molar-refractivity contribution in [1.29, 1.82) is 0 Å². The highest BCUT2D eigenvalue weighted by Crippen LogP contribution is 2.37. The molecule has 0 aromatic heterocycles. The second-order valence-electron chi connectivity index (χ2n) is 2.90. The van der Waals surface area contributed by atoms with Crippen molar-refractivity contribution in [3.05, 3.63) is 23.8 Å². The molecule has 0 unspecified atom stereocenters. The van der Waals surface area contributed by atoms with Crippen molar-refractivity contribution in [3.8, 4) is 17.2 Å². The molecule has 0 atom stereocenters. The number of benzene rings is 1. The van der Waals surface area contributed by atoms with E-state index in [0.29, 0.717) is 23.6 Å². The number of hydrogen-bond donors (Lipinski definition) is 2. The normalized spacial score (nSPS) is 13.8. The van der Waals surface area contributed by atoms with E-state index in [-0.39, 0.29) is 12.5 Å². The zero-order valence-corrected chi connectivity index (χ0v) is 7.56. The van der Waals surface area contributed by atoms with Gasteiger partial charge < -0.3 is 20.3 Å². The molecule has 4 heteroatoms. The van der Waals surface area contributed by atoms with Crippen molar-refractivity contribution in [2.75, 3.05) is 13.3 Å². The fraction of sp³-hybridized carbons (Fsp3) is 0.200. The smallest absolute Gasteiger partial charge is 0.231 e.